The normalized spacial score (nSPS) is 13.5. The molecule has 0 aliphatic heterocycles. The van der Waals surface area contributed by atoms with Gasteiger partial charge in [0.1, 0.15) is 6.54 Å². The standard InChI is InChI=1S/C31H61NO4/c1-6-7-8-9-17-20-23-28(2)24-21-18-15-13-11-10-12-14-16-19-22-25-31(35)36-29(26-30(33)34)27-32(3,4)5/h28-29H,6-27H2,1-5H3/p+1. The Kier molecular flexibility index (Phi) is 22.3. The number of rotatable bonds is 26. The van der Waals surface area contributed by atoms with Crippen molar-refractivity contribution in [3.8, 4) is 0 Å². The quantitative estimate of drug-likeness (QED) is 0.0716. The van der Waals surface area contributed by atoms with Gasteiger partial charge < -0.3 is 14.3 Å². The number of carboxylic acid groups (broad SMARTS) is 1. The van der Waals surface area contributed by atoms with Gasteiger partial charge in [0.05, 0.1) is 27.6 Å². The molecule has 214 valence electrons. The molecule has 0 aliphatic rings. The highest BCUT2D eigenvalue weighted by Gasteiger charge is 2.24. The number of quaternary nitrogens is 1. The van der Waals surface area contributed by atoms with Crippen LogP contribution in [-0.2, 0) is 14.3 Å². The van der Waals surface area contributed by atoms with Crippen LogP contribution in [0.15, 0.2) is 0 Å². The minimum atomic E-state index is -0.922. The van der Waals surface area contributed by atoms with Gasteiger partial charge in [-0.2, -0.15) is 0 Å². The molecule has 36 heavy (non-hydrogen) atoms. The molecule has 0 heterocycles. The van der Waals surface area contributed by atoms with Crippen LogP contribution in [0.2, 0.25) is 0 Å². The summed E-state index contributed by atoms with van der Waals surface area (Å²) in [6.07, 6.45) is 24.9. The summed E-state index contributed by atoms with van der Waals surface area (Å²) in [4.78, 5) is 23.1. The first-order chi connectivity index (χ1) is 17.1. The zero-order valence-corrected chi connectivity index (χ0v) is 24.8. The molecule has 0 aliphatic carbocycles. The first-order valence-corrected chi connectivity index (χ1v) is 15.4. The van der Waals surface area contributed by atoms with Crippen LogP contribution in [0, 0.1) is 5.92 Å². The van der Waals surface area contributed by atoms with Crippen LogP contribution in [-0.4, -0.2) is 55.3 Å². The minimum Gasteiger partial charge on any atom is -0.481 e. The molecule has 0 spiro atoms. The minimum absolute atomic E-state index is 0.125. The molecule has 0 fully saturated rings. The maximum atomic E-state index is 12.1. The fourth-order valence-electron chi connectivity index (χ4n) is 4.96. The second-order valence-electron chi connectivity index (χ2n) is 12.3. The number of hydrogen-bond acceptors (Lipinski definition) is 3. The number of carbonyl (C=O) groups excluding carboxylic acids is 1. The van der Waals surface area contributed by atoms with E-state index in [0.717, 1.165) is 18.8 Å². The van der Waals surface area contributed by atoms with E-state index in [4.69, 9.17) is 9.84 Å². The van der Waals surface area contributed by atoms with Crippen molar-refractivity contribution < 1.29 is 23.9 Å². The van der Waals surface area contributed by atoms with E-state index in [1.165, 1.54) is 109 Å². The Hall–Kier alpha value is -1.10. The van der Waals surface area contributed by atoms with E-state index in [9.17, 15) is 9.59 Å². The number of aliphatic carboxylic acids is 1. The van der Waals surface area contributed by atoms with Crippen molar-refractivity contribution in [3.63, 3.8) is 0 Å². The highest BCUT2D eigenvalue weighted by Crippen LogP contribution is 2.19. The lowest BCUT2D eigenvalue weighted by Gasteiger charge is -2.28. The first kappa shape index (κ1) is 34.9. The monoisotopic (exact) mass is 512 g/mol. The Balaban J connectivity index is 3.51. The van der Waals surface area contributed by atoms with Gasteiger partial charge in [-0.1, -0.05) is 129 Å². The second-order valence-corrected chi connectivity index (χ2v) is 12.3. The Morgan fingerprint density at radius 3 is 1.53 bits per heavy atom. The lowest BCUT2D eigenvalue weighted by molar-refractivity contribution is -0.873. The van der Waals surface area contributed by atoms with Crippen molar-refractivity contribution in [2.45, 2.75) is 155 Å². The molecule has 2 atom stereocenters. The summed E-state index contributed by atoms with van der Waals surface area (Å²) < 4.78 is 6.02. The molecule has 0 saturated carbocycles. The first-order valence-electron chi connectivity index (χ1n) is 15.4. The van der Waals surface area contributed by atoms with E-state index >= 15 is 0 Å². The van der Waals surface area contributed by atoms with Crippen LogP contribution in [0.1, 0.15) is 149 Å². The number of ether oxygens (including phenoxy) is 1. The smallest absolute Gasteiger partial charge is 0.307 e. The van der Waals surface area contributed by atoms with E-state index in [1.807, 2.05) is 21.1 Å². The van der Waals surface area contributed by atoms with E-state index in [2.05, 4.69) is 13.8 Å². The molecule has 0 saturated heterocycles. The molecule has 0 radical (unpaired) electrons. The number of hydrogen-bond donors (Lipinski definition) is 1. The van der Waals surface area contributed by atoms with Crippen molar-refractivity contribution >= 4 is 11.9 Å². The molecule has 0 aromatic rings. The van der Waals surface area contributed by atoms with Gasteiger partial charge in [-0.05, 0) is 12.3 Å². The van der Waals surface area contributed by atoms with Crippen molar-refractivity contribution in [1.29, 1.82) is 0 Å². The van der Waals surface area contributed by atoms with Gasteiger partial charge in [-0.15, -0.1) is 0 Å². The van der Waals surface area contributed by atoms with Gasteiger partial charge in [-0.25, -0.2) is 0 Å². The molecule has 1 N–H and O–H groups in total. The second kappa shape index (κ2) is 23.0. The molecule has 0 amide bonds. The molecule has 0 rings (SSSR count). The Morgan fingerprint density at radius 2 is 1.11 bits per heavy atom. The summed E-state index contributed by atoms with van der Waals surface area (Å²) in [7, 11) is 5.92. The number of likely N-dealkylation sites (N-methyl/N-ethyl adjacent to an activating group) is 1. The molecule has 5 nitrogen and oxygen atoms in total. The molecule has 0 aromatic heterocycles. The maximum absolute atomic E-state index is 12.1. The van der Waals surface area contributed by atoms with Crippen LogP contribution in [0.25, 0.3) is 0 Å². The zero-order valence-electron chi connectivity index (χ0n) is 24.8. The third-order valence-corrected chi connectivity index (χ3v) is 7.08. The van der Waals surface area contributed by atoms with E-state index < -0.39 is 12.1 Å². The Morgan fingerprint density at radius 1 is 0.694 bits per heavy atom. The highest BCUT2D eigenvalue weighted by atomic mass is 16.5. The number of carboxylic acids is 1. The summed E-state index contributed by atoms with van der Waals surface area (Å²) in [6.45, 7) is 5.24. The van der Waals surface area contributed by atoms with E-state index in [0.29, 0.717) is 17.4 Å². The third kappa shape index (κ3) is 26.0. The van der Waals surface area contributed by atoms with Crippen molar-refractivity contribution in [3.05, 3.63) is 0 Å². The van der Waals surface area contributed by atoms with Crippen molar-refractivity contribution in [2.24, 2.45) is 5.92 Å². The van der Waals surface area contributed by atoms with E-state index in [1.54, 1.807) is 0 Å². The molecule has 2 unspecified atom stereocenters. The van der Waals surface area contributed by atoms with Gasteiger partial charge in [0.15, 0.2) is 6.10 Å². The Bertz CT molecular complexity index is 529. The number of esters is 1. The van der Waals surface area contributed by atoms with Gasteiger partial charge in [-0.3, -0.25) is 9.59 Å². The summed E-state index contributed by atoms with van der Waals surface area (Å²) in [6, 6.07) is 0. The van der Waals surface area contributed by atoms with Crippen LogP contribution in [0.4, 0.5) is 0 Å². The van der Waals surface area contributed by atoms with Crippen molar-refractivity contribution in [1.82, 2.24) is 0 Å². The summed E-state index contributed by atoms with van der Waals surface area (Å²) in [5.41, 5.74) is 0. The summed E-state index contributed by atoms with van der Waals surface area (Å²) >= 11 is 0. The van der Waals surface area contributed by atoms with Gasteiger partial charge in [0.25, 0.3) is 0 Å². The molecule has 5 heteroatoms. The maximum Gasteiger partial charge on any atom is 0.307 e. The van der Waals surface area contributed by atoms with Gasteiger partial charge in [0, 0.05) is 6.42 Å². The molecule has 0 aromatic carbocycles. The molecule has 0 bridgehead atoms. The number of unbranched alkanes of at least 4 members (excludes halogenated alkanes) is 15. The van der Waals surface area contributed by atoms with Crippen molar-refractivity contribution in [2.75, 3.05) is 27.7 Å². The predicted molar refractivity (Wildman–Crippen MR) is 152 cm³/mol. The molecular formula is C31H62NO4+. The van der Waals surface area contributed by atoms with Crippen LogP contribution in [0.3, 0.4) is 0 Å². The average Bonchev–Trinajstić information content (AvgIpc) is 2.77. The lowest BCUT2D eigenvalue weighted by Crippen LogP contribution is -2.43. The summed E-state index contributed by atoms with van der Waals surface area (Å²) in [5.74, 6) is -0.270. The fraction of sp³-hybridized carbons (Fsp3) is 0.935. The van der Waals surface area contributed by atoms with Gasteiger partial charge >= 0.3 is 11.9 Å². The van der Waals surface area contributed by atoms with Crippen LogP contribution in [0.5, 0.6) is 0 Å². The molecular weight excluding hydrogens is 450 g/mol. The van der Waals surface area contributed by atoms with Crippen LogP contribution < -0.4 is 0 Å². The third-order valence-electron chi connectivity index (χ3n) is 7.08. The number of carbonyl (C=O) groups is 2. The Labute approximate surface area is 224 Å². The predicted octanol–water partition coefficient (Wildman–Crippen LogP) is 8.54. The highest BCUT2D eigenvalue weighted by molar-refractivity contribution is 5.71. The average molecular weight is 513 g/mol. The topological polar surface area (TPSA) is 63.6 Å². The largest absolute Gasteiger partial charge is 0.481 e. The SMILES string of the molecule is CCCCCCCCC(C)CCCCCCCCCCCCCC(=O)OC(CC(=O)O)C[N+](C)(C)C. The summed E-state index contributed by atoms with van der Waals surface area (Å²) in [5, 5.41) is 9.06. The zero-order chi connectivity index (χ0) is 27.1. The lowest BCUT2D eigenvalue weighted by atomic mass is 9.96. The number of nitrogens with zero attached hydrogens (tertiary/aromatic N) is 1. The van der Waals surface area contributed by atoms with Gasteiger partial charge in [0.2, 0.25) is 0 Å². The van der Waals surface area contributed by atoms with Crippen LogP contribution >= 0.6 is 0 Å². The van der Waals surface area contributed by atoms with E-state index in [-0.39, 0.29) is 12.4 Å². The fourth-order valence-corrected chi connectivity index (χ4v) is 4.96.